The average Bonchev–Trinajstić information content (AvgIpc) is 2.80. The Morgan fingerprint density at radius 3 is 2.64 bits per heavy atom. The Hall–Kier alpha value is -2.08. The van der Waals surface area contributed by atoms with Gasteiger partial charge in [0.1, 0.15) is 5.82 Å². The zero-order valence-corrected chi connectivity index (χ0v) is 13.1. The Morgan fingerprint density at radius 1 is 1.27 bits per heavy atom. The molecule has 0 saturated heterocycles. The molecule has 1 aromatic carbocycles. The van der Waals surface area contributed by atoms with Crippen molar-refractivity contribution in [1.29, 1.82) is 0 Å². The Kier molecular flexibility index (Phi) is 3.56. The molecule has 1 aromatic heterocycles. The van der Waals surface area contributed by atoms with E-state index in [0.29, 0.717) is 22.0 Å². The van der Waals surface area contributed by atoms with Gasteiger partial charge in [-0.1, -0.05) is 25.2 Å². The molecule has 0 atom stereocenters. The largest absolute Gasteiger partial charge is 0.298 e. The number of halogens is 1. The van der Waals surface area contributed by atoms with Crippen molar-refractivity contribution in [3.63, 3.8) is 0 Å². The quantitative estimate of drug-likeness (QED) is 0.918. The van der Waals surface area contributed by atoms with Crippen molar-refractivity contribution in [2.45, 2.75) is 26.7 Å². The second kappa shape index (κ2) is 5.28. The number of thiazole rings is 1. The lowest BCUT2D eigenvalue weighted by atomic mass is 9.78. The molecule has 0 saturated carbocycles. The minimum absolute atomic E-state index is 0.0750. The van der Waals surface area contributed by atoms with Crippen LogP contribution in [0.4, 0.5) is 9.52 Å². The Morgan fingerprint density at radius 2 is 1.95 bits per heavy atom. The van der Waals surface area contributed by atoms with Gasteiger partial charge in [0, 0.05) is 12.0 Å². The molecule has 0 unspecified atom stereocenters. The number of ketones is 1. The predicted octanol–water partition coefficient (Wildman–Crippen LogP) is 3.69. The van der Waals surface area contributed by atoms with Crippen LogP contribution in [0.25, 0.3) is 0 Å². The highest BCUT2D eigenvalue weighted by Gasteiger charge is 2.34. The van der Waals surface area contributed by atoms with Crippen molar-refractivity contribution in [3.8, 4) is 0 Å². The van der Waals surface area contributed by atoms with Crippen LogP contribution < -0.4 is 5.32 Å². The van der Waals surface area contributed by atoms with Crippen molar-refractivity contribution in [2.24, 2.45) is 5.41 Å². The molecule has 114 valence electrons. The monoisotopic (exact) mass is 318 g/mol. The van der Waals surface area contributed by atoms with E-state index in [2.05, 4.69) is 10.3 Å². The molecule has 1 aliphatic carbocycles. The maximum Gasteiger partial charge on any atom is 0.257 e. The number of fused-ring (bicyclic) bond motifs is 1. The van der Waals surface area contributed by atoms with Crippen LogP contribution in [-0.4, -0.2) is 16.7 Å². The van der Waals surface area contributed by atoms with Crippen LogP contribution in [0.15, 0.2) is 24.3 Å². The van der Waals surface area contributed by atoms with Crippen LogP contribution in [0.1, 0.15) is 46.0 Å². The number of benzene rings is 1. The maximum atomic E-state index is 12.9. The van der Waals surface area contributed by atoms with Crippen LogP contribution in [0.3, 0.4) is 0 Å². The molecule has 0 aliphatic heterocycles. The van der Waals surface area contributed by atoms with E-state index in [-0.39, 0.29) is 17.1 Å². The average molecular weight is 318 g/mol. The van der Waals surface area contributed by atoms with E-state index in [9.17, 15) is 14.0 Å². The van der Waals surface area contributed by atoms with Crippen molar-refractivity contribution in [1.82, 2.24) is 4.98 Å². The number of carbonyl (C=O) groups excluding carboxylic acids is 2. The van der Waals surface area contributed by atoms with Crippen molar-refractivity contribution in [2.75, 3.05) is 5.32 Å². The first-order chi connectivity index (χ1) is 10.3. The molecule has 0 fully saturated rings. The highest BCUT2D eigenvalue weighted by molar-refractivity contribution is 7.17. The smallest absolute Gasteiger partial charge is 0.257 e. The van der Waals surface area contributed by atoms with Gasteiger partial charge in [0.15, 0.2) is 10.9 Å². The Labute approximate surface area is 131 Å². The summed E-state index contributed by atoms with van der Waals surface area (Å²) >= 11 is 1.20. The van der Waals surface area contributed by atoms with E-state index in [1.807, 2.05) is 13.8 Å². The van der Waals surface area contributed by atoms with Gasteiger partial charge >= 0.3 is 0 Å². The van der Waals surface area contributed by atoms with E-state index in [1.165, 1.54) is 35.6 Å². The number of rotatable bonds is 2. The van der Waals surface area contributed by atoms with Gasteiger partial charge in [-0.2, -0.15) is 0 Å². The van der Waals surface area contributed by atoms with Crippen LogP contribution in [0, 0.1) is 11.2 Å². The number of aromatic nitrogens is 1. The number of nitrogens with zero attached hydrogens (tertiary/aromatic N) is 1. The zero-order chi connectivity index (χ0) is 15.9. The van der Waals surface area contributed by atoms with Crippen LogP contribution in [0.5, 0.6) is 0 Å². The van der Waals surface area contributed by atoms with Crippen LogP contribution >= 0.6 is 11.3 Å². The summed E-state index contributed by atoms with van der Waals surface area (Å²) < 4.78 is 12.9. The molecule has 0 bridgehead atoms. The van der Waals surface area contributed by atoms with Crippen LogP contribution in [-0.2, 0) is 6.42 Å². The molecule has 1 aliphatic rings. The van der Waals surface area contributed by atoms with E-state index < -0.39 is 5.82 Å². The lowest BCUT2D eigenvalue weighted by Crippen LogP contribution is -2.26. The van der Waals surface area contributed by atoms with E-state index >= 15 is 0 Å². The summed E-state index contributed by atoms with van der Waals surface area (Å²) in [5.74, 6) is -0.682. The summed E-state index contributed by atoms with van der Waals surface area (Å²) in [7, 11) is 0. The van der Waals surface area contributed by atoms with Gasteiger partial charge in [0.25, 0.3) is 5.91 Å². The summed E-state index contributed by atoms with van der Waals surface area (Å²) in [6.45, 7) is 4.06. The first-order valence-corrected chi connectivity index (χ1v) is 7.75. The number of Topliss-reactive ketones (excluding diaryl/α,β-unsaturated/α-hetero) is 1. The molecular weight excluding hydrogens is 303 g/mol. The highest BCUT2D eigenvalue weighted by atomic mass is 32.1. The molecule has 0 radical (unpaired) electrons. The summed E-state index contributed by atoms with van der Waals surface area (Å²) in [6.07, 6.45) is 1.21. The molecule has 1 heterocycles. The van der Waals surface area contributed by atoms with E-state index in [4.69, 9.17) is 0 Å². The number of amides is 1. The Balaban J connectivity index is 1.81. The van der Waals surface area contributed by atoms with Gasteiger partial charge in [-0.25, -0.2) is 9.37 Å². The summed E-state index contributed by atoms with van der Waals surface area (Å²) in [4.78, 5) is 29.2. The number of hydrogen-bond donors (Lipinski definition) is 1. The van der Waals surface area contributed by atoms with Crippen molar-refractivity contribution >= 4 is 28.2 Å². The topological polar surface area (TPSA) is 59.1 Å². The van der Waals surface area contributed by atoms with Gasteiger partial charge in [0.05, 0.1) is 10.6 Å². The molecule has 1 amide bonds. The highest BCUT2D eigenvalue weighted by Crippen LogP contribution is 2.38. The number of carbonyl (C=O) groups is 2. The fourth-order valence-electron chi connectivity index (χ4n) is 2.54. The fraction of sp³-hybridized carbons (Fsp3) is 0.312. The maximum absolute atomic E-state index is 12.9. The second-order valence-electron chi connectivity index (χ2n) is 6.20. The molecule has 1 N–H and O–H groups in total. The van der Waals surface area contributed by atoms with Crippen molar-refractivity contribution < 1.29 is 14.0 Å². The minimum atomic E-state index is -0.394. The number of nitrogens with one attached hydrogen (secondary N) is 1. The van der Waals surface area contributed by atoms with E-state index in [1.54, 1.807) is 0 Å². The van der Waals surface area contributed by atoms with Gasteiger partial charge < -0.3 is 0 Å². The third-order valence-electron chi connectivity index (χ3n) is 3.56. The SMILES string of the molecule is CC1(C)CC(=O)c2sc(NC(=O)c3ccc(F)cc3)nc2C1. The standard InChI is InChI=1S/C16H15FN2O2S/c1-16(2)7-11-13(12(20)8-16)22-15(18-11)19-14(21)9-3-5-10(17)6-4-9/h3-6H,7-8H2,1-2H3,(H,18,19,21). The summed E-state index contributed by atoms with van der Waals surface area (Å²) in [5.41, 5.74) is 0.998. The molecule has 6 heteroatoms. The van der Waals surface area contributed by atoms with Gasteiger partial charge in [-0.3, -0.25) is 14.9 Å². The molecular formula is C16H15FN2O2S. The molecule has 22 heavy (non-hydrogen) atoms. The van der Waals surface area contributed by atoms with Gasteiger partial charge in [-0.15, -0.1) is 0 Å². The van der Waals surface area contributed by atoms with E-state index in [0.717, 1.165) is 12.1 Å². The second-order valence-corrected chi connectivity index (χ2v) is 7.20. The molecule has 4 nitrogen and oxygen atoms in total. The zero-order valence-electron chi connectivity index (χ0n) is 12.3. The Bertz CT molecular complexity index is 750. The van der Waals surface area contributed by atoms with Crippen molar-refractivity contribution in [3.05, 3.63) is 46.2 Å². The molecule has 0 spiro atoms. The summed E-state index contributed by atoms with van der Waals surface area (Å²) in [6, 6.07) is 5.28. The first kappa shape index (κ1) is 14.8. The van der Waals surface area contributed by atoms with Gasteiger partial charge in [-0.05, 0) is 36.1 Å². The minimum Gasteiger partial charge on any atom is -0.298 e. The normalized spacial score (nSPS) is 16.2. The third kappa shape index (κ3) is 2.92. The number of anilines is 1. The predicted molar refractivity (Wildman–Crippen MR) is 82.9 cm³/mol. The molecule has 3 rings (SSSR count). The number of hydrogen-bond acceptors (Lipinski definition) is 4. The lowest BCUT2D eigenvalue weighted by molar-refractivity contribution is 0.0915. The van der Waals surface area contributed by atoms with Gasteiger partial charge in [0.2, 0.25) is 0 Å². The third-order valence-corrected chi connectivity index (χ3v) is 4.62. The fourth-order valence-corrected chi connectivity index (χ4v) is 3.46. The lowest BCUT2D eigenvalue weighted by Gasteiger charge is -2.26. The molecule has 2 aromatic rings. The first-order valence-electron chi connectivity index (χ1n) is 6.94. The van der Waals surface area contributed by atoms with Crippen LogP contribution in [0.2, 0.25) is 0 Å². The summed E-state index contributed by atoms with van der Waals surface area (Å²) in [5, 5.41) is 3.08.